The zero-order chi connectivity index (χ0) is 27.1. The van der Waals surface area contributed by atoms with E-state index in [2.05, 4.69) is 123 Å². The molecule has 0 heteroatoms. The van der Waals surface area contributed by atoms with Crippen LogP contribution in [0.5, 0.6) is 0 Å². The van der Waals surface area contributed by atoms with Crippen LogP contribution in [0.25, 0.3) is 11.1 Å². The van der Waals surface area contributed by atoms with Gasteiger partial charge in [-0.25, -0.2) is 0 Å². The third kappa shape index (κ3) is 6.28. The molecule has 0 radical (unpaired) electrons. The second kappa shape index (κ2) is 10.3. The number of hydrogen-bond acceptors (Lipinski definition) is 0. The van der Waals surface area contributed by atoms with Crippen molar-refractivity contribution in [2.75, 3.05) is 0 Å². The van der Waals surface area contributed by atoms with Crippen molar-refractivity contribution >= 4 is 11.1 Å². The van der Waals surface area contributed by atoms with Gasteiger partial charge in [-0.1, -0.05) is 129 Å². The third-order valence-corrected chi connectivity index (χ3v) is 8.40. The normalized spacial score (nSPS) is 18.9. The highest BCUT2D eigenvalue weighted by atomic mass is 14.4. The van der Waals surface area contributed by atoms with Crippen molar-refractivity contribution in [3.63, 3.8) is 0 Å². The molecule has 37 heavy (non-hydrogen) atoms. The number of benzene rings is 2. The quantitative estimate of drug-likeness (QED) is 0.344. The molecule has 1 fully saturated rings. The zero-order valence-corrected chi connectivity index (χ0v) is 24.7. The summed E-state index contributed by atoms with van der Waals surface area (Å²) in [7, 11) is 0. The Kier molecular flexibility index (Phi) is 7.62. The van der Waals surface area contributed by atoms with Crippen molar-refractivity contribution in [3.8, 4) is 0 Å². The van der Waals surface area contributed by atoms with E-state index in [0.717, 1.165) is 18.8 Å². The Bertz CT molecular complexity index is 1190. The summed E-state index contributed by atoms with van der Waals surface area (Å²) in [4.78, 5) is 0. The second-order valence-electron chi connectivity index (χ2n) is 13.6. The maximum Gasteiger partial charge on any atom is 0.0240 e. The van der Waals surface area contributed by atoms with E-state index in [4.69, 9.17) is 0 Å². The molecule has 0 saturated heterocycles. The minimum atomic E-state index is 0.110. The van der Waals surface area contributed by atoms with Gasteiger partial charge in [0.15, 0.2) is 0 Å². The Morgan fingerprint density at radius 2 is 1.41 bits per heavy atom. The lowest BCUT2D eigenvalue weighted by Crippen LogP contribution is -2.17. The highest BCUT2D eigenvalue weighted by molar-refractivity contribution is 5.67. The summed E-state index contributed by atoms with van der Waals surface area (Å²) in [5, 5.41) is 0. The van der Waals surface area contributed by atoms with Gasteiger partial charge < -0.3 is 0 Å². The molecular formula is C37H48. The van der Waals surface area contributed by atoms with Gasteiger partial charge in [-0.15, -0.1) is 0 Å². The highest BCUT2D eigenvalue weighted by Gasteiger charge is 2.32. The number of allylic oxidation sites excluding steroid dienone is 6. The summed E-state index contributed by atoms with van der Waals surface area (Å²) in [6.07, 6.45) is 9.74. The number of rotatable bonds is 8. The maximum atomic E-state index is 4.63. The summed E-state index contributed by atoms with van der Waals surface area (Å²) in [5.74, 6) is 1.58. The van der Waals surface area contributed by atoms with Crippen molar-refractivity contribution in [1.82, 2.24) is 0 Å². The first-order valence-corrected chi connectivity index (χ1v) is 14.3. The molecule has 0 nitrogen and oxygen atoms in total. The zero-order valence-electron chi connectivity index (χ0n) is 24.7. The van der Waals surface area contributed by atoms with Crippen LogP contribution in [0.15, 0.2) is 78.9 Å². The molecule has 2 aliphatic carbocycles. The van der Waals surface area contributed by atoms with Crippen molar-refractivity contribution in [3.05, 3.63) is 107 Å². The molecule has 196 valence electrons. The second-order valence-corrected chi connectivity index (χ2v) is 13.6. The average molecular weight is 493 g/mol. The summed E-state index contributed by atoms with van der Waals surface area (Å²) in [6, 6.07) is 16.3. The van der Waals surface area contributed by atoms with E-state index in [1.807, 2.05) is 0 Å². The minimum absolute atomic E-state index is 0.110. The van der Waals surface area contributed by atoms with Crippen molar-refractivity contribution in [2.24, 2.45) is 11.8 Å². The van der Waals surface area contributed by atoms with E-state index in [1.165, 1.54) is 51.8 Å². The fourth-order valence-corrected chi connectivity index (χ4v) is 5.46. The van der Waals surface area contributed by atoms with Crippen LogP contribution in [-0.2, 0) is 10.8 Å². The van der Waals surface area contributed by atoms with Gasteiger partial charge >= 0.3 is 0 Å². The molecule has 4 rings (SSSR count). The van der Waals surface area contributed by atoms with Crippen LogP contribution in [-0.4, -0.2) is 0 Å². The maximum absolute atomic E-state index is 4.63. The predicted octanol–water partition coefficient (Wildman–Crippen LogP) is 10.8. The monoisotopic (exact) mass is 492 g/mol. The van der Waals surface area contributed by atoms with Crippen molar-refractivity contribution < 1.29 is 0 Å². The van der Waals surface area contributed by atoms with Crippen LogP contribution in [0.3, 0.4) is 0 Å². The molecule has 2 aromatic rings. The molecule has 0 bridgehead atoms. The molecule has 1 saturated carbocycles. The van der Waals surface area contributed by atoms with Gasteiger partial charge in [0, 0.05) is 5.92 Å². The Balaban J connectivity index is 1.61. The largest absolute Gasteiger partial charge is 0.0952 e. The van der Waals surface area contributed by atoms with Gasteiger partial charge in [0.05, 0.1) is 0 Å². The standard InChI is InChI=1S/C37H48/c1-11-24(2)27-12-16-29(17-13-27)35-22-31(28-14-15-28)21-34(35)26(4)18-25(3)30-19-32(36(5,6)7)23-33(20-30)37(8,9)10/h12-13,16-17,19-23,26,28,35H,2-3,11,14-15,18H2,1,4-10H3/t26-,35?/m1/s1. The van der Waals surface area contributed by atoms with Gasteiger partial charge in [-0.2, -0.15) is 0 Å². The molecule has 2 aliphatic rings. The fraction of sp³-hybridized carbons (Fsp3) is 0.459. The van der Waals surface area contributed by atoms with Crippen molar-refractivity contribution in [1.29, 1.82) is 0 Å². The van der Waals surface area contributed by atoms with Gasteiger partial charge in [0.2, 0.25) is 0 Å². The first-order valence-electron chi connectivity index (χ1n) is 14.3. The van der Waals surface area contributed by atoms with Crippen LogP contribution >= 0.6 is 0 Å². The summed E-state index contributed by atoms with van der Waals surface area (Å²) in [5.41, 5.74) is 12.5. The Morgan fingerprint density at radius 3 is 1.89 bits per heavy atom. The van der Waals surface area contributed by atoms with Gasteiger partial charge in [-0.3, -0.25) is 0 Å². The third-order valence-electron chi connectivity index (χ3n) is 8.40. The first kappa shape index (κ1) is 27.4. The molecule has 0 spiro atoms. The molecule has 0 amide bonds. The van der Waals surface area contributed by atoms with Gasteiger partial charge in [0.25, 0.3) is 0 Å². The van der Waals surface area contributed by atoms with Gasteiger partial charge in [0.1, 0.15) is 0 Å². The molecule has 2 aromatic carbocycles. The van der Waals surface area contributed by atoms with E-state index < -0.39 is 0 Å². The lowest BCUT2D eigenvalue weighted by molar-refractivity contribution is 0.568. The van der Waals surface area contributed by atoms with Crippen molar-refractivity contribution in [2.45, 2.75) is 97.8 Å². The summed E-state index contributed by atoms with van der Waals surface area (Å²) >= 11 is 0. The number of hydrogen-bond donors (Lipinski definition) is 0. The summed E-state index contributed by atoms with van der Waals surface area (Å²) < 4.78 is 0. The van der Waals surface area contributed by atoms with Crippen LogP contribution in [0.4, 0.5) is 0 Å². The average Bonchev–Trinajstić information content (AvgIpc) is 3.60. The Morgan fingerprint density at radius 1 is 0.838 bits per heavy atom. The lowest BCUT2D eigenvalue weighted by Gasteiger charge is -2.27. The SMILES string of the molecule is C=C(CC)c1ccc(C2C=C(C3CC3)C=C2[C@H](C)CC(=C)c2cc(C(C)(C)C)cc(C(C)(C)C)c2)cc1. The van der Waals surface area contributed by atoms with Crippen LogP contribution in [0, 0.1) is 11.8 Å². The highest BCUT2D eigenvalue weighted by Crippen LogP contribution is 2.47. The molecule has 0 N–H and O–H groups in total. The smallest absolute Gasteiger partial charge is 0.0240 e. The van der Waals surface area contributed by atoms with Crippen LogP contribution < -0.4 is 0 Å². The van der Waals surface area contributed by atoms with Gasteiger partial charge in [-0.05, 0) is 92.9 Å². The Hall–Kier alpha value is -2.60. The van der Waals surface area contributed by atoms with Crippen LogP contribution in [0.1, 0.15) is 115 Å². The predicted molar refractivity (Wildman–Crippen MR) is 164 cm³/mol. The lowest BCUT2D eigenvalue weighted by atomic mass is 9.77. The molecular weight excluding hydrogens is 444 g/mol. The Labute approximate surface area is 227 Å². The van der Waals surface area contributed by atoms with E-state index in [0.29, 0.717) is 11.8 Å². The van der Waals surface area contributed by atoms with E-state index in [9.17, 15) is 0 Å². The topological polar surface area (TPSA) is 0 Å². The van der Waals surface area contributed by atoms with E-state index in [1.54, 1.807) is 11.1 Å². The van der Waals surface area contributed by atoms with E-state index in [-0.39, 0.29) is 10.8 Å². The summed E-state index contributed by atoms with van der Waals surface area (Å²) in [6.45, 7) is 27.3. The minimum Gasteiger partial charge on any atom is -0.0952 e. The van der Waals surface area contributed by atoms with Crippen LogP contribution in [0.2, 0.25) is 0 Å². The molecule has 0 aliphatic heterocycles. The fourth-order valence-electron chi connectivity index (χ4n) is 5.46. The first-order chi connectivity index (χ1) is 17.3. The van der Waals surface area contributed by atoms with E-state index >= 15 is 0 Å². The molecule has 0 aromatic heterocycles. The molecule has 2 atom stereocenters. The molecule has 0 heterocycles. The molecule has 1 unspecified atom stereocenters.